The van der Waals surface area contributed by atoms with Crippen LogP contribution in [0.15, 0.2) is 0 Å². The molecule has 0 heterocycles. The molecule has 7 nitrogen and oxygen atoms in total. The molecule has 0 aromatic rings. The van der Waals surface area contributed by atoms with Crippen molar-refractivity contribution >= 4 is 24.6 Å². The van der Waals surface area contributed by atoms with Gasteiger partial charge in [-0.3, -0.25) is 9.59 Å². The van der Waals surface area contributed by atoms with E-state index in [1.165, 1.54) is 0 Å². The Morgan fingerprint density at radius 1 is 1.33 bits per heavy atom. The molecule has 0 saturated heterocycles. The van der Waals surface area contributed by atoms with Crippen molar-refractivity contribution in [1.82, 2.24) is 10.6 Å². The smallest absolute Gasteiger partial charge is 0.326 e. The van der Waals surface area contributed by atoms with Crippen LogP contribution in [-0.2, 0) is 19.2 Å². The standard InChI is InChI=1S/C8H12N2O5/c11-4-3-9-7(13)2-1-6(8(14)15)10-5-12/h4-6H,1-3H2,(H,9,13)(H,10,12)(H,14,15)/t6-/m0/s1. The van der Waals surface area contributed by atoms with Crippen LogP contribution in [-0.4, -0.2) is 42.3 Å². The number of carbonyl (C=O) groups is 4. The quantitative estimate of drug-likeness (QED) is 0.418. The highest BCUT2D eigenvalue weighted by molar-refractivity contribution is 5.80. The molecule has 0 unspecified atom stereocenters. The van der Waals surface area contributed by atoms with Crippen molar-refractivity contribution in [3.8, 4) is 0 Å². The summed E-state index contributed by atoms with van der Waals surface area (Å²) in [5, 5.41) is 12.9. The van der Waals surface area contributed by atoms with Gasteiger partial charge >= 0.3 is 5.97 Å². The number of rotatable bonds is 8. The van der Waals surface area contributed by atoms with E-state index in [0.717, 1.165) is 0 Å². The van der Waals surface area contributed by atoms with Crippen molar-refractivity contribution in [1.29, 1.82) is 0 Å². The molecular formula is C8H12N2O5. The molecule has 0 fully saturated rings. The Balaban J connectivity index is 3.87. The fourth-order valence-electron chi connectivity index (χ4n) is 0.880. The minimum absolute atomic E-state index is 0.0151. The zero-order valence-electron chi connectivity index (χ0n) is 7.93. The van der Waals surface area contributed by atoms with Gasteiger partial charge in [0.2, 0.25) is 12.3 Å². The molecule has 0 bridgehead atoms. The van der Waals surface area contributed by atoms with Crippen LogP contribution in [0.4, 0.5) is 0 Å². The highest BCUT2D eigenvalue weighted by Crippen LogP contribution is 1.96. The molecular weight excluding hydrogens is 204 g/mol. The Morgan fingerprint density at radius 3 is 2.47 bits per heavy atom. The molecule has 3 N–H and O–H groups in total. The van der Waals surface area contributed by atoms with Crippen LogP contribution in [0.3, 0.4) is 0 Å². The predicted octanol–water partition coefficient (Wildman–Crippen LogP) is -1.72. The molecule has 0 aliphatic carbocycles. The van der Waals surface area contributed by atoms with Gasteiger partial charge in [0.15, 0.2) is 0 Å². The minimum atomic E-state index is -1.20. The number of hydrogen-bond donors (Lipinski definition) is 3. The molecule has 84 valence electrons. The number of carbonyl (C=O) groups excluding carboxylic acids is 3. The number of aliphatic carboxylic acids is 1. The lowest BCUT2D eigenvalue weighted by molar-refractivity contribution is -0.140. The number of carboxylic acid groups (broad SMARTS) is 1. The third-order valence-electron chi connectivity index (χ3n) is 1.61. The minimum Gasteiger partial charge on any atom is -0.480 e. The van der Waals surface area contributed by atoms with Gasteiger partial charge in [0.05, 0.1) is 6.54 Å². The molecule has 7 heteroatoms. The Labute approximate surface area is 85.8 Å². The van der Waals surface area contributed by atoms with E-state index in [1.807, 2.05) is 0 Å². The van der Waals surface area contributed by atoms with E-state index < -0.39 is 17.9 Å². The SMILES string of the molecule is O=CCNC(=O)CC[C@H](NC=O)C(=O)O. The van der Waals surface area contributed by atoms with Crippen LogP contribution in [0.5, 0.6) is 0 Å². The van der Waals surface area contributed by atoms with Crippen molar-refractivity contribution in [2.24, 2.45) is 0 Å². The van der Waals surface area contributed by atoms with E-state index in [-0.39, 0.29) is 25.8 Å². The summed E-state index contributed by atoms with van der Waals surface area (Å²) in [5.74, 6) is -1.63. The van der Waals surface area contributed by atoms with Gasteiger partial charge in [-0.05, 0) is 6.42 Å². The maximum atomic E-state index is 11.0. The normalized spacial score (nSPS) is 11.2. The summed E-state index contributed by atoms with van der Waals surface area (Å²) in [6.45, 7) is -0.0995. The first kappa shape index (κ1) is 13.1. The zero-order chi connectivity index (χ0) is 11.7. The highest BCUT2D eigenvalue weighted by Gasteiger charge is 2.17. The summed E-state index contributed by atoms with van der Waals surface area (Å²) >= 11 is 0. The highest BCUT2D eigenvalue weighted by atomic mass is 16.4. The Hall–Kier alpha value is -1.92. The lowest BCUT2D eigenvalue weighted by atomic mass is 10.1. The van der Waals surface area contributed by atoms with Gasteiger partial charge in [0.1, 0.15) is 12.3 Å². The van der Waals surface area contributed by atoms with Crippen molar-refractivity contribution in [2.45, 2.75) is 18.9 Å². The molecule has 0 radical (unpaired) electrons. The van der Waals surface area contributed by atoms with Crippen LogP contribution < -0.4 is 10.6 Å². The van der Waals surface area contributed by atoms with E-state index in [9.17, 15) is 19.2 Å². The monoisotopic (exact) mass is 216 g/mol. The molecule has 0 aliphatic heterocycles. The van der Waals surface area contributed by atoms with Gasteiger partial charge in [-0.2, -0.15) is 0 Å². The van der Waals surface area contributed by atoms with E-state index >= 15 is 0 Å². The third-order valence-corrected chi connectivity index (χ3v) is 1.61. The number of hydrogen-bond acceptors (Lipinski definition) is 4. The van der Waals surface area contributed by atoms with Crippen molar-refractivity contribution in [3.63, 3.8) is 0 Å². The second-order valence-corrected chi connectivity index (χ2v) is 2.68. The summed E-state index contributed by atoms with van der Waals surface area (Å²) in [6, 6.07) is -1.08. The number of amides is 2. The molecule has 0 saturated carbocycles. The van der Waals surface area contributed by atoms with Gasteiger partial charge in [-0.15, -0.1) is 0 Å². The first-order valence-corrected chi connectivity index (χ1v) is 4.24. The summed E-state index contributed by atoms with van der Waals surface area (Å²) in [4.78, 5) is 41.4. The van der Waals surface area contributed by atoms with Crippen LogP contribution in [0.25, 0.3) is 0 Å². The fourth-order valence-corrected chi connectivity index (χ4v) is 0.880. The Morgan fingerprint density at radius 2 is 2.00 bits per heavy atom. The molecule has 0 rings (SSSR count). The third kappa shape index (κ3) is 6.19. The summed E-state index contributed by atoms with van der Waals surface area (Å²) in [6.07, 6.45) is 0.711. The lowest BCUT2D eigenvalue weighted by Gasteiger charge is -2.09. The maximum Gasteiger partial charge on any atom is 0.326 e. The van der Waals surface area contributed by atoms with E-state index in [4.69, 9.17) is 5.11 Å². The lowest BCUT2D eigenvalue weighted by Crippen LogP contribution is -2.37. The van der Waals surface area contributed by atoms with E-state index in [0.29, 0.717) is 6.29 Å². The van der Waals surface area contributed by atoms with Crippen molar-refractivity contribution in [2.75, 3.05) is 6.54 Å². The molecule has 0 aromatic carbocycles. The Kier molecular flexibility index (Phi) is 6.52. The first-order valence-electron chi connectivity index (χ1n) is 4.24. The zero-order valence-corrected chi connectivity index (χ0v) is 7.93. The molecule has 0 aliphatic rings. The topological polar surface area (TPSA) is 113 Å². The van der Waals surface area contributed by atoms with Crippen LogP contribution >= 0.6 is 0 Å². The van der Waals surface area contributed by atoms with Gasteiger partial charge < -0.3 is 20.5 Å². The number of carboxylic acids is 1. The predicted molar refractivity (Wildman–Crippen MR) is 48.9 cm³/mol. The first-order chi connectivity index (χ1) is 7.11. The van der Waals surface area contributed by atoms with Gasteiger partial charge in [0, 0.05) is 6.42 Å². The summed E-state index contributed by atoms with van der Waals surface area (Å²) in [5.41, 5.74) is 0. The van der Waals surface area contributed by atoms with Crippen LogP contribution in [0.1, 0.15) is 12.8 Å². The molecule has 0 aromatic heterocycles. The number of nitrogens with one attached hydrogen (secondary N) is 2. The average Bonchev–Trinajstić information content (AvgIpc) is 2.20. The van der Waals surface area contributed by atoms with Gasteiger partial charge in [-0.25, -0.2) is 4.79 Å². The van der Waals surface area contributed by atoms with Gasteiger partial charge in [-0.1, -0.05) is 0 Å². The fraction of sp³-hybridized carbons (Fsp3) is 0.500. The molecule has 2 amide bonds. The van der Waals surface area contributed by atoms with E-state index in [1.54, 1.807) is 0 Å². The van der Waals surface area contributed by atoms with Crippen LogP contribution in [0.2, 0.25) is 0 Å². The van der Waals surface area contributed by atoms with Crippen LogP contribution in [0, 0.1) is 0 Å². The molecule has 0 spiro atoms. The number of aldehydes is 1. The summed E-state index contributed by atoms with van der Waals surface area (Å²) in [7, 11) is 0. The maximum absolute atomic E-state index is 11.0. The van der Waals surface area contributed by atoms with Crippen molar-refractivity contribution in [3.05, 3.63) is 0 Å². The summed E-state index contributed by atoms with van der Waals surface area (Å²) < 4.78 is 0. The second-order valence-electron chi connectivity index (χ2n) is 2.68. The average molecular weight is 216 g/mol. The molecule has 1 atom stereocenters. The largest absolute Gasteiger partial charge is 0.480 e. The van der Waals surface area contributed by atoms with Crippen molar-refractivity contribution < 1.29 is 24.3 Å². The Bertz CT molecular complexity index is 253. The second kappa shape index (κ2) is 7.48. The molecule has 15 heavy (non-hydrogen) atoms. The van der Waals surface area contributed by atoms with E-state index in [2.05, 4.69) is 10.6 Å². The van der Waals surface area contributed by atoms with Gasteiger partial charge in [0.25, 0.3) is 0 Å².